The summed E-state index contributed by atoms with van der Waals surface area (Å²) in [7, 11) is 0. The van der Waals surface area contributed by atoms with Gasteiger partial charge in [0.1, 0.15) is 24.7 Å². The number of amides is 1. The lowest BCUT2D eigenvalue weighted by Gasteiger charge is -2.17. The van der Waals surface area contributed by atoms with Crippen LogP contribution in [0, 0.1) is 0 Å². The SMILES string of the molecule is CCOC(=O)C(CCOc1ccc(C=O)cc1)NC(=O)OCc1ccccc1. The first-order valence-electron chi connectivity index (χ1n) is 8.94. The molecule has 1 amide bonds. The molecule has 1 atom stereocenters. The number of hydrogen-bond donors (Lipinski definition) is 1. The molecule has 0 heterocycles. The van der Waals surface area contributed by atoms with E-state index < -0.39 is 18.1 Å². The number of carbonyl (C=O) groups excluding carboxylic acids is 3. The molecule has 0 aromatic heterocycles. The predicted octanol–water partition coefficient (Wildman–Crippen LogP) is 3.13. The summed E-state index contributed by atoms with van der Waals surface area (Å²) in [6.07, 6.45) is 0.234. The summed E-state index contributed by atoms with van der Waals surface area (Å²) in [4.78, 5) is 34.8. The first-order chi connectivity index (χ1) is 13.6. The summed E-state index contributed by atoms with van der Waals surface area (Å²) in [5.74, 6) is -0.000994. The Morgan fingerprint density at radius 3 is 2.39 bits per heavy atom. The lowest BCUT2D eigenvalue weighted by atomic mass is 10.2. The first-order valence-corrected chi connectivity index (χ1v) is 8.94. The number of benzene rings is 2. The molecular weight excluding hydrogens is 362 g/mol. The molecule has 0 bridgehead atoms. The normalized spacial score (nSPS) is 11.2. The highest BCUT2D eigenvalue weighted by Crippen LogP contribution is 2.12. The van der Waals surface area contributed by atoms with Gasteiger partial charge in [0.05, 0.1) is 13.2 Å². The third-order valence-electron chi connectivity index (χ3n) is 3.77. The van der Waals surface area contributed by atoms with E-state index >= 15 is 0 Å². The first kappa shape index (κ1) is 21.0. The van der Waals surface area contributed by atoms with E-state index in [0.29, 0.717) is 11.3 Å². The van der Waals surface area contributed by atoms with E-state index in [1.54, 1.807) is 31.2 Å². The highest BCUT2D eigenvalue weighted by molar-refractivity contribution is 5.81. The molecule has 0 aliphatic rings. The molecule has 1 unspecified atom stereocenters. The Morgan fingerprint density at radius 1 is 1.04 bits per heavy atom. The quantitative estimate of drug-likeness (QED) is 0.499. The summed E-state index contributed by atoms with van der Waals surface area (Å²) in [5.41, 5.74) is 1.38. The van der Waals surface area contributed by atoms with Crippen molar-refractivity contribution in [1.29, 1.82) is 0 Å². The number of nitrogens with one attached hydrogen (secondary N) is 1. The lowest BCUT2D eigenvalue weighted by Crippen LogP contribution is -2.43. The minimum absolute atomic E-state index is 0.0990. The number of carbonyl (C=O) groups is 3. The topological polar surface area (TPSA) is 90.9 Å². The fourth-order valence-corrected chi connectivity index (χ4v) is 2.34. The largest absolute Gasteiger partial charge is 0.494 e. The van der Waals surface area contributed by atoms with Crippen LogP contribution in [0.1, 0.15) is 29.3 Å². The molecule has 0 saturated carbocycles. The Hall–Kier alpha value is -3.35. The van der Waals surface area contributed by atoms with Crippen LogP contribution in [-0.4, -0.2) is 37.6 Å². The van der Waals surface area contributed by atoms with Gasteiger partial charge in [-0.05, 0) is 36.8 Å². The van der Waals surface area contributed by atoms with Crippen LogP contribution in [0.3, 0.4) is 0 Å². The second-order valence-electron chi connectivity index (χ2n) is 5.83. The van der Waals surface area contributed by atoms with Crippen LogP contribution in [0.15, 0.2) is 54.6 Å². The van der Waals surface area contributed by atoms with Crippen molar-refractivity contribution in [2.75, 3.05) is 13.2 Å². The number of rotatable bonds is 10. The summed E-state index contributed by atoms with van der Waals surface area (Å²) in [6, 6.07) is 14.9. The minimum Gasteiger partial charge on any atom is -0.494 e. The maximum atomic E-state index is 12.1. The summed E-state index contributed by atoms with van der Waals surface area (Å²) in [5, 5.41) is 2.51. The fraction of sp³-hybridized carbons (Fsp3) is 0.286. The Bertz CT molecular complexity index is 760. The van der Waals surface area contributed by atoms with Crippen LogP contribution in [-0.2, 0) is 20.9 Å². The summed E-state index contributed by atoms with van der Waals surface area (Å²) in [6.45, 7) is 2.16. The molecule has 148 valence electrons. The third kappa shape index (κ3) is 7.11. The summed E-state index contributed by atoms with van der Waals surface area (Å²) >= 11 is 0. The fourth-order valence-electron chi connectivity index (χ4n) is 2.34. The van der Waals surface area contributed by atoms with E-state index in [4.69, 9.17) is 14.2 Å². The van der Waals surface area contributed by atoms with E-state index in [1.165, 1.54) is 0 Å². The average molecular weight is 385 g/mol. The van der Waals surface area contributed by atoms with Crippen molar-refractivity contribution in [2.24, 2.45) is 0 Å². The molecule has 0 aliphatic heterocycles. The Morgan fingerprint density at radius 2 is 1.75 bits per heavy atom. The highest BCUT2D eigenvalue weighted by Gasteiger charge is 2.23. The molecule has 0 radical (unpaired) electrons. The van der Waals surface area contributed by atoms with Gasteiger partial charge >= 0.3 is 12.1 Å². The zero-order valence-corrected chi connectivity index (χ0v) is 15.6. The summed E-state index contributed by atoms with van der Waals surface area (Å²) < 4.78 is 15.7. The number of aldehydes is 1. The zero-order valence-electron chi connectivity index (χ0n) is 15.6. The van der Waals surface area contributed by atoms with Crippen molar-refractivity contribution in [3.8, 4) is 5.75 Å². The van der Waals surface area contributed by atoms with Gasteiger partial charge in [0, 0.05) is 12.0 Å². The van der Waals surface area contributed by atoms with Gasteiger partial charge in [0.25, 0.3) is 0 Å². The molecule has 7 nitrogen and oxygen atoms in total. The van der Waals surface area contributed by atoms with Crippen LogP contribution < -0.4 is 10.1 Å². The maximum Gasteiger partial charge on any atom is 0.408 e. The second kappa shape index (κ2) is 11.4. The van der Waals surface area contributed by atoms with Gasteiger partial charge in [-0.2, -0.15) is 0 Å². The number of ether oxygens (including phenoxy) is 3. The predicted molar refractivity (Wildman–Crippen MR) is 102 cm³/mol. The minimum atomic E-state index is -0.891. The van der Waals surface area contributed by atoms with Crippen molar-refractivity contribution in [3.05, 3.63) is 65.7 Å². The smallest absolute Gasteiger partial charge is 0.408 e. The van der Waals surface area contributed by atoms with E-state index in [0.717, 1.165) is 11.8 Å². The van der Waals surface area contributed by atoms with Gasteiger partial charge < -0.3 is 19.5 Å². The van der Waals surface area contributed by atoms with E-state index in [1.807, 2.05) is 30.3 Å². The molecule has 2 aromatic carbocycles. The average Bonchev–Trinajstić information content (AvgIpc) is 2.73. The van der Waals surface area contributed by atoms with Gasteiger partial charge in [0.2, 0.25) is 0 Å². The number of hydrogen-bond acceptors (Lipinski definition) is 6. The van der Waals surface area contributed by atoms with E-state index in [2.05, 4.69) is 5.32 Å². The zero-order chi connectivity index (χ0) is 20.2. The molecule has 0 saturated heterocycles. The van der Waals surface area contributed by atoms with Crippen molar-refractivity contribution >= 4 is 18.3 Å². The third-order valence-corrected chi connectivity index (χ3v) is 3.77. The number of alkyl carbamates (subject to hydrolysis) is 1. The molecule has 28 heavy (non-hydrogen) atoms. The molecule has 0 spiro atoms. The van der Waals surface area contributed by atoms with Gasteiger partial charge in [-0.15, -0.1) is 0 Å². The lowest BCUT2D eigenvalue weighted by molar-refractivity contribution is -0.145. The van der Waals surface area contributed by atoms with Crippen molar-refractivity contribution < 1.29 is 28.6 Å². The molecule has 2 aromatic rings. The van der Waals surface area contributed by atoms with Crippen LogP contribution in [0.4, 0.5) is 4.79 Å². The Balaban J connectivity index is 1.84. The second-order valence-corrected chi connectivity index (χ2v) is 5.83. The van der Waals surface area contributed by atoms with Crippen molar-refractivity contribution in [2.45, 2.75) is 26.0 Å². The molecule has 0 fully saturated rings. The van der Waals surface area contributed by atoms with Crippen molar-refractivity contribution in [3.63, 3.8) is 0 Å². The van der Waals surface area contributed by atoms with Crippen molar-refractivity contribution in [1.82, 2.24) is 5.32 Å². The molecule has 0 aliphatic carbocycles. The highest BCUT2D eigenvalue weighted by atomic mass is 16.6. The molecule has 2 rings (SSSR count). The van der Waals surface area contributed by atoms with Crippen LogP contribution in [0.2, 0.25) is 0 Å². The Kier molecular flexibility index (Phi) is 8.52. The van der Waals surface area contributed by atoms with E-state index in [9.17, 15) is 14.4 Å². The van der Waals surface area contributed by atoms with E-state index in [-0.39, 0.29) is 26.2 Å². The van der Waals surface area contributed by atoms with Gasteiger partial charge in [-0.25, -0.2) is 9.59 Å². The van der Waals surface area contributed by atoms with Gasteiger partial charge in [-0.3, -0.25) is 4.79 Å². The molecule has 1 N–H and O–H groups in total. The Labute approximate surface area is 163 Å². The van der Waals surface area contributed by atoms with Crippen LogP contribution in [0.5, 0.6) is 5.75 Å². The molecule has 7 heteroatoms. The van der Waals surface area contributed by atoms with Crippen LogP contribution in [0.25, 0.3) is 0 Å². The maximum absolute atomic E-state index is 12.1. The van der Waals surface area contributed by atoms with Gasteiger partial charge in [0.15, 0.2) is 0 Å². The standard InChI is InChI=1S/C21H23NO6/c1-2-26-20(24)19(12-13-27-18-10-8-16(14-23)9-11-18)22-21(25)28-15-17-6-4-3-5-7-17/h3-11,14,19H,2,12-13,15H2,1H3,(H,22,25). The molecular formula is C21H23NO6. The van der Waals surface area contributed by atoms with Gasteiger partial charge in [-0.1, -0.05) is 30.3 Å². The van der Waals surface area contributed by atoms with Crippen LogP contribution >= 0.6 is 0 Å². The monoisotopic (exact) mass is 385 g/mol. The number of esters is 1.